The number of nitrogens with zero attached hydrogens (tertiary/aromatic N) is 2. The van der Waals surface area contributed by atoms with Crippen molar-refractivity contribution in [2.24, 2.45) is 0 Å². The van der Waals surface area contributed by atoms with E-state index in [1.807, 2.05) is 66.7 Å². The van der Waals surface area contributed by atoms with E-state index in [1.165, 1.54) is 32.3 Å². The molecule has 0 amide bonds. The second-order valence-electron chi connectivity index (χ2n) is 10.9. The van der Waals surface area contributed by atoms with Gasteiger partial charge in [-0.05, 0) is 38.6 Å². The molecule has 0 aliphatic heterocycles. The molecule has 62 heavy (non-hydrogen) atoms. The monoisotopic (exact) mass is 987 g/mol. The predicted octanol–water partition coefficient (Wildman–Crippen LogP) is 4.19. The van der Waals surface area contributed by atoms with Crippen LogP contribution >= 0.6 is 16.1 Å². The second kappa shape index (κ2) is 47.9. The van der Waals surface area contributed by atoms with Gasteiger partial charge in [-0.15, -0.1) is 0 Å². The average Bonchev–Trinajstić information content (AvgIpc) is 3.30. The van der Waals surface area contributed by atoms with Crippen LogP contribution in [0.2, 0.25) is 0 Å². The van der Waals surface area contributed by atoms with Crippen LogP contribution in [0.5, 0.6) is 0 Å². The fourth-order valence-corrected chi connectivity index (χ4v) is 8.27. The number of halogens is 3. The Kier molecular flexibility index (Phi) is 54.8. The number of aromatic nitrogens is 1. The van der Waals surface area contributed by atoms with Gasteiger partial charge in [0.2, 0.25) is 0 Å². The Labute approximate surface area is 430 Å². The molecule has 322 valence electrons. The number of hydrogen-bond acceptors (Lipinski definition) is 2. The molecule has 3 nitrogen and oxygen atoms in total. The van der Waals surface area contributed by atoms with E-state index in [9.17, 15) is 0 Å². The maximum absolute atomic E-state index is 5.13. The van der Waals surface area contributed by atoms with Crippen LogP contribution in [-0.2, 0) is 17.4 Å². The fraction of sp³-hybridized carbons (Fsp3) is 0.118. The van der Waals surface area contributed by atoms with Crippen molar-refractivity contribution in [2.75, 3.05) is 5.09 Å². The van der Waals surface area contributed by atoms with Crippen LogP contribution in [-0.4, -0.2) is 39.7 Å². The summed E-state index contributed by atoms with van der Waals surface area (Å²) in [5.74, 6) is 1.57. The minimum atomic E-state index is -0.908. The molecule has 0 fully saturated rings. The molecule has 11 heteroatoms. The minimum Gasteiger partial charge on any atom is -1.00 e. The molecule has 0 saturated heterocycles. The van der Waals surface area contributed by atoms with Crippen LogP contribution in [0, 0.1) is 41.5 Å². The molecule has 7 rings (SSSR count). The predicted molar refractivity (Wildman–Crippen MR) is 267 cm³/mol. The van der Waals surface area contributed by atoms with Gasteiger partial charge in [-0.25, -0.2) is 0 Å². The zero-order valence-electron chi connectivity index (χ0n) is 36.9. The topological polar surface area (TPSA) is 39.0 Å². The maximum Gasteiger partial charge on any atom is 3.00 e. The number of nitrogens with one attached hydrogen (secondary N) is 1. The Morgan fingerprint density at radius 3 is 0.935 bits per heavy atom. The zero-order valence-corrected chi connectivity index (χ0v) is 44.5. The van der Waals surface area contributed by atoms with Gasteiger partial charge in [0.05, 0.1) is 8.07 Å². The van der Waals surface area contributed by atoms with Gasteiger partial charge in [-0.3, -0.25) is 0 Å². The zero-order chi connectivity index (χ0) is 41.2. The summed E-state index contributed by atoms with van der Waals surface area (Å²) in [5.41, 5.74) is 2.64. The van der Waals surface area contributed by atoms with Crippen molar-refractivity contribution >= 4 is 83.7 Å². The first-order chi connectivity index (χ1) is 27.7. The van der Waals surface area contributed by atoms with Gasteiger partial charge in [0.1, 0.15) is 0 Å². The summed E-state index contributed by atoms with van der Waals surface area (Å²) in [5, 5.41) is 13.8. The van der Waals surface area contributed by atoms with Crippen molar-refractivity contribution in [3.8, 4) is 0 Å². The molecule has 0 bridgehead atoms. The van der Waals surface area contributed by atoms with Crippen LogP contribution in [0.3, 0.4) is 0 Å². The quantitative estimate of drug-likeness (QED) is 0.141. The third kappa shape index (κ3) is 29.0. The molecular formula is C51H60Al2Cl3CrN3P2. The van der Waals surface area contributed by atoms with E-state index in [4.69, 9.17) is 10.1 Å². The summed E-state index contributed by atoms with van der Waals surface area (Å²) in [6.45, 7) is 24.2. The fourth-order valence-electron chi connectivity index (χ4n) is 4.66. The van der Waals surface area contributed by atoms with E-state index in [1.54, 1.807) is 27.7 Å². The average molecular weight is 989 g/mol. The Morgan fingerprint density at radius 2 is 0.661 bits per heavy atom. The van der Waals surface area contributed by atoms with Gasteiger partial charge in [0, 0.05) is 16.4 Å². The molecular weight excluding hydrogens is 929 g/mol. The normalized spacial score (nSPS) is 8.32. The summed E-state index contributed by atoms with van der Waals surface area (Å²) in [4.78, 5) is 4.91. The Morgan fingerprint density at radius 1 is 0.387 bits per heavy atom. The van der Waals surface area contributed by atoms with Crippen molar-refractivity contribution in [1.29, 1.82) is 0 Å². The van der Waals surface area contributed by atoms with Crippen LogP contribution < -0.4 is 63.5 Å². The first-order valence-electron chi connectivity index (χ1n) is 18.8. The summed E-state index contributed by atoms with van der Waals surface area (Å²) >= 11 is 0. The third-order valence-electron chi connectivity index (χ3n) is 7.07. The van der Waals surface area contributed by atoms with Crippen LogP contribution in [0.1, 0.15) is 38.8 Å². The molecule has 0 atom stereocenters. The maximum atomic E-state index is 5.13. The molecule has 0 spiro atoms. The van der Waals surface area contributed by atoms with E-state index >= 15 is 0 Å². The van der Waals surface area contributed by atoms with E-state index in [-0.39, 0.29) is 89.3 Å². The molecule has 0 aliphatic rings. The van der Waals surface area contributed by atoms with E-state index in [0.29, 0.717) is 0 Å². The Hall–Kier alpha value is -2.60. The Balaban J connectivity index is -0.000000235. The summed E-state index contributed by atoms with van der Waals surface area (Å²) in [6.07, 6.45) is 0. The van der Waals surface area contributed by atoms with Crippen molar-refractivity contribution < 1.29 is 54.6 Å². The smallest absolute Gasteiger partial charge is 1.00 e. The number of anilines is 1. The van der Waals surface area contributed by atoms with Crippen LogP contribution in [0.25, 0.3) is 5.09 Å². The SMILES string of the molecule is Cc1ccccc1.Cc1ccccc1.[Al+3].[Al+3].[CH2-]C.[CH2-]C.[CH2-]C.[CH2-]C.[Cl-].[Cl-].[Cl-].[Cr+2].c1ccc(P([N-]c2cccc(NP(c3ccccc3)c3ccccc3)n2)c2ccccc2)cc1. The first kappa shape index (κ1) is 71.0. The van der Waals surface area contributed by atoms with Gasteiger partial charge < -0.3 is 80.1 Å². The summed E-state index contributed by atoms with van der Waals surface area (Å²) in [6, 6.07) is 68.6. The van der Waals surface area contributed by atoms with Gasteiger partial charge in [-0.2, -0.15) is 27.7 Å². The van der Waals surface area contributed by atoms with E-state index < -0.39 is 16.1 Å². The largest absolute Gasteiger partial charge is 3.00 e. The molecule has 6 aromatic carbocycles. The molecule has 1 aromatic heterocycles. The standard InChI is InChI=1S/C29H24N3P2.2C7H8.4C2H5.2Al.3ClH.Cr/c1-5-14-24(15-6-1)33(25-16-7-2-8-17-25)31-28-22-13-23-29(30-28)32-34(26-18-9-3-10-19-26)27-20-11-4-12-21-27;2*1-7-5-3-2-4-6-7;4*1-2;;;;;;/h1-23H,(H-,30,31,32);2*2-6H,1H3;4*1H2,2H3;;;3*1H;/q-1;;;4*-1;2*+3;;;;+2/p-3. The summed E-state index contributed by atoms with van der Waals surface area (Å²) in [7, 11) is -1.70. The molecule has 7 aromatic rings. The molecule has 0 unspecified atom stereocenters. The van der Waals surface area contributed by atoms with Gasteiger partial charge in [-0.1, -0.05) is 211 Å². The van der Waals surface area contributed by atoms with Gasteiger partial charge >= 0.3 is 52.1 Å². The molecule has 1 heterocycles. The molecule has 0 saturated carbocycles. The van der Waals surface area contributed by atoms with Gasteiger partial charge in [0.15, 0.2) is 0 Å². The Bertz CT molecular complexity index is 1700. The van der Waals surface area contributed by atoms with Gasteiger partial charge in [0.25, 0.3) is 0 Å². The van der Waals surface area contributed by atoms with Crippen LogP contribution in [0.15, 0.2) is 200 Å². The number of rotatable bonds is 8. The molecule has 0 aliphatic carbocycles. The molecule has 1 N–H and O–H groups in total. The number of hydrogen-bond donors (Lipinski definition) is 1. The van der Waals surface area contributed by atoms with E-state index in [2.05, 4.69) is 180 Å². The van der Waals surface area contributed by atoms with E-state index in [0.717, 1.165) is 11.6 Å². The van der Waals surface area contributed by atoms with Crippen molar-refractivity contribution in [3.05, 3.63) is 244 Å². The van der Waals surface area contributed by atoms with Crippen molar-refractivity contribution in [1.82, 2.24) is 4.98 Å². The molecule has 0 radical (unpaired) electrons. The third-order valence-corrected chi connectivity index (χ3v) is 11.1. The van der Waals surface area contributed by atoms with Crippen molar-refractivity contribution in [2.45, 2.75) is 41.5 Å². The van der Waals surface area contributed by atoms with Crippen LogP contribution in [0.4, 0.5) is 11.6 Å². The number of pyridine rings is 1. The minimum absolute atomic E-state index is 0. The first-order valence-corrected chi connectivity index (χ1v) is 21.4. The summed E-state index contributed by atoms with van der Waals surface area (Å²) < 4.78 is 0. The number of benzene rings is 6. The second-order valence-corrected chi connectivity index (χ2v) is 14.7. The number of aryl methyl sites for hydroxylation is 2. The van der Waals surface area contributed by atoms with Crippen molar-refractivity contribution in [3.63, 3.8) is 0 Å².